The quantitative estimate of drug-likeness (QED) is 0.710. The molecule has 0 aliphatic rings. The van der Waals surface area contributed by atoms with Crippen molar-refractivity contribution in [2.75, 3.05) is 20.3 Å². The average Bonchev–Trinajstić information content (AvgIpc) is 2.62. The van der Waals surface area contributed by atoms with E-state index in [1.165, 1.54) is 11.1 Å². The highest BCUT2D eigenvalue weighted by molar-refractivity contribution is 5.43. The SMILES string of the molecule is CCCOc1ccc(CNCc2ccc(OC)cc2)cc1OCC. The van der Waals surface area contributed by atoms with Crippen molar-refractivity contribution in [2.24, 2.45) is 0 Å². The molecule has 0 spiro atoms. The van der Waals surface area contributed by atoms with Gasteiger partial charge in [-0.2, -0.15) is 0 Å². The van der Waals surface area contributed by atoms with Gasteiger partial charge in [0.15, 0.2) is 11.5 Å². The standard InChI is InChI=1S/C20H27NO3/c1-4-12-24-19-11-8-17(13-20(19)23-5-2)15-21-14-16-6-9-18(22-3)10-7-16/h6-11,13,21H,4-5,12,14-15H2,1-3H3. The number of nitrogens with one attached hydrogen (secondary N) is 1. The van der Waals surface area contributed by atoms with Crippen LogP contribution in [0.1, 0.15) is 31.4 Å². The highest BCUT2D eigenvalue weighted by atomic mass is 16.5. The van der Waals surface area contributed by atoms with Crippen LogP contribution in [0, 0.1) is 0 Å². The first-order chi connectivity index (χ1) is 11.8. The fraction of sp³-hybridized carbons (Fsp3) is 0.400. The lowest BCUT2D eigenvalue weighted by Gasteiger charge is -2.13. The van der Waals surface area contributed by atoms with Crippen molar-refractivity contribution in [1.29, 1.82) is 0 Å². The van der Waals surface area contributed by atoms with Crippen molar-refractivity contribution in [3.8, 4) is 17.2 Å². The molecule has 0 atom stereocenters. The first-order valence-corrected chi connectivity index (χ1v) is 8.49. The van der Waals surface area contributed by atoms with Gasteiger partial charge in [0.25, 0.3) is 0 Å². The highest BCUT2D eigenvalue weighted by Gasteiger charge is 2.06. The monoisotopic (exact) mass is 329 g/mol. The molecule has 0 heterocycles. The molecule has 130 valence electrons. The Kier molecular flexibility index (Phi) is 7.43. The average molecular weight is 329 g/mol. The molecule has 1 N–H and O–H groups in total. The first-order valence-electron chi connectivity index (χ1n) is 8.49. The van der Waals surface area contributed by atoms with E-state index < -0.39 is 0 Å². The van der Waals surface area contributed by atoms with Gasteiger partial charge in [-0.1, -0.05) is 25.1 Å². The number of rotatable bonds is 10. The summed E-state index contributed by atoms with van der Waals surface area (Å²) in [5.41, 5.74) is 2.40. The summed E-state index contributed by atoms with van der Waals surface area (Å²) < 4.78 is 16.6. The van der Waals surface area contributed by atoms with E-state index in [4.69, 9.17) is 14.2 Å². The Balaban J connectivity index is 1.92. The summed E-state index contributed by atoms with van der Waals surface area (Å²) in [5, 5.41) is 3.45. The van der Waals surface area contributed by atoms with Crippen LogP contribution in [-0.2, 0) is 13.1 Å². The minimum Gasteiger partial charge on any atom is -0.497 e. The van der Waals surface area contributed by atoms with Gasteiger partial charge in [0, 0.05) is 13.1 Å². The van der Waals surface area contributed by atoms with Crippen molar-refractivity contribution in [3.05, 3.63) is 53.6 Å². The lowest BCUT2D eigenvalue weighted by atomic mass is 10.2. The van der Waals surface area contributed by atoms with Gasteiger partial charge in [-0.15, -0.1) is 0 Å². The lowest BCUT2D eigenvalue weighted by molar-refractivity contribution is 0.276. The van der Waals surface area contributed by atoms with Crippen molar-refractivity contribution < 1.29 is 14.2 Å². The molecule has 4 nitrogen and oxygen atoms in total. The van der Waals surface area contributed by atoms with Crippen molar-refractivity contribution >= 4 is 0 Å². The number of hydrogen-bond acceptors (Lipinski definition) is 4. The van der Waals surface area contributed by atoms with Crippen LogP contribution in [-0.4, -0.2) is 20.3 Å². The van der Waals surface area contributed by atoms with Crippen molar-refractivity contribution in [3.63, 3.8) is 0 Å². The Bertz CT molecular complexity index is 611. The molecule has 24 heavy (non-hydrogen) atoms. The molecule has 0 bridgehead atoms. The lowest BCUT2D eigenvalue weighted by Crippen LogP contribution is -2.13. The summed E-state index contributed by atoms with van der Waals surface area (Å²) in [7, 11) is 1.68. The zero-order chi connectivity index (χ0) is 17.2. The van der Waals surface area contributed by atoms with Crippen LogP contribution in [0.5, 0.6) is 17.2 Å². The predicted molar refractivity (Wildman–Crippen MR) is 96.9 cm³/mol. The van der Waals surface area contributed by atoms with E-state index in [-0.39, 0.29) is 0 Å². The molecular formula is C20H27NO3. The van der Waals surface area contributed by atoms with E-state index >= 15 is 0 Å². The van der Waals surface area contributed by atoms with Gasteiger partial charge in [-0.3, -0.25) is 0 Å². The maximum absolute atomic E-state index is 5.73. The molecule has 2 rings (SSSR count). The summed E-state index contributed by atoms with van der Waals surface area (Å²) in [6.45, 7) is 7.00. The topological polar surface area (TPSA) is 39.7 Å². The van der Waals surface area contributed by atoms with Crippen LogP contribution in [0.2, 0.25) is 0 Å². The van der Waals surface area contributed by atoms with E-state index in [1.54, 1.807) is 7.11 Å². The predicted octanol–water partition coefficient (Wildman–Crippen LogP) is 4.17. The largest absolute Gasteiger partial charge is 0.497 e. The smallest absolute Gasteiger partial charge is 0.161 e. The Morgan fingerprint density at radius 1 is 0.833 bits per heavy atom. The molecule has 0 amide bonds. The summed E-state index contributed by atoms with van der Waals surface area (Å²) in [4.78, 5) is 0. The maximum atomic E-state index is 5.73. The van der Waals surface area contributed by atoms with Gasteiger partial charge in [0.1, 0.15) is 5.75 Å². The van der Waals surface area contributed by atoms with E-state index in [2.05, 4.69) is 36.5 Å². The molecule has 0 aromatic heterocycles. The summed E-state index contributed by atoms with van der Waals surface area (Å²) in [6, 6.07) is 14.2. The zero-order valence-corrected chi connectivity index (χ0v) is 14.8. The number of ether oxygens (including phenoxy) is 3. The van der Waals surface area contributed by atoms with Crippen LogP contribution in [0.25, 0.3) is 0 Å². The molecule has 0 saturated carbocycles. The minimum absolute atomic E-state index is 0.630. The Labute approximate surface area is 144 Å². The molecule has 0 fully saturated rings. The first kappa shape index (κ1) is 18.1. The molecule has 2 aromatic rings. The van der Waals surface area contributed by atoms with Crippen LogP contribution >= 0.6 is 0 Å². The van der Waals surface area contributed by atoms with E-state index in [0.717, 1.165) is 36.8 Å². The van der Waals surface area contributed by atoms with Crippen molar-refractivity contribution in [1.82, 2.24) is 5.32 Å². The second-order valence-electron chi connectivity index (χ2n) is 5.51. The van der Waals surface area contributed by atoms with Crippen LogP contribution in [0.3, 0.4) is 0 Å². The van der Waals surface area contributed by atoms with Crippen LogP contribution in [0.4, 0.5) is 0 Å². The molecular weight excluding hydrogens is 302 g/mol. The van der Waals surface area contributed by atoms with Crippen LogP contribution < -0.4 is 19.5 Å². The van der Waals surface area contributed by atoms with Gasteiger partial charge in [-0.25, -0.2) is 0 Å². The Hall–Kier alpha value is -2.20. The number of methoxy groups -OCH3 is 1. The third-order valence-corrected chi connectivity index (χ3v) is 3.59. The zero-order valence-electron chi connectivity index (χ0n) is 14.8. The molecule has 0 aliphatic heterocycles. The van der Waals surface area contributed by atoms with Gasteiger partial charge in [-0.05, 0) is 48.7 Å². The third-order valence-electron chi connectivity index (χ3n) is 3.59. The van der Waals surface area contributed by atoms with Gasteiger partial charge in [0.05, 0.1) is 20.3 Å². The van der Waals surface area contributed by atoms with E-state index in [1.807, 2.05) is 25.1 Å². The van der Waals surface area contributed by atoms with E-state index in [0.29, 0.717) is 13.2 Å². The molecule has 4 heteroatoms. The molecule has 0 saturated heterocycles. The Morgan fingerprint density at radius 3 is 2.21 bits per heavy atom. The minimum atomic E-state index is 0.630. The second kappa shape index (κ2) is 9.83. The second-order valence-corrected chi connectivity index (χ2v) is 5.51. The van der Waals surface area contributed by atoms with Gasteiger partial charge >= 0.3 is 0 Å². The number of hydrogen-bond donors (Lipinski definition) is 1. The van der Waals surface area contributed by atoms with E-state index in [9.17, 15) is 0 Å². The fourth-order valence-corrected chi connectivity index (χ4v) is 2.36. The summed E-state index contributed by atoms with van der Waals surface area (Å²) in [6.07, 6.45) is 0.983. The highest BCUT2D eigenvalue weighted by Crippen LogP contribution is 2.28. The van der Waals surface area contributed by atoms with Crippen molar-refractivity contribution in [2.45, 2.75) is 33.4 Å². The molecule has 0 aliphatic carbocycles. The van der Waals surface area contributed by atoms with Gasteiger partial charge in [0.2, 0.25) is 0 Å². The normalized spacial score (nSPS) is 10.5. The van der Waals surface area contributed by atoms with Crippen LogP contribution in [0.15, 0.2) is 42.5 Å². The maximum Gasteiger partial charge on any atom is 0.161 e. The fourth-order valence-electron chi connectivity index (χ4n) is 2.36. The number of benzene rings is 2. The summed E-state index contributed by atoms with van der Waals surface area (Å²) in [5.74, 6) is 2.51. The molecule has 0 unspecified atom stereocenters. The molecule has 0 radical (unpaired) electrons. The molecule has 2 aromatic carbocycles. The Morgan fingerprint density at radius 2 is 1.54 bits per heavy atom. The van der Waals surface area contributed by atoms with Gasteiger partial charge < -0.3 is 19.5 Å². The summed E-state index contributed by atoms with van der Waals surface area (Å²) >= 11 is 0. The third kappa shape index (κ3) is 5.46.